The predicted molar refractivity (Wildman–Crippen MR) is 62.3 cm³/mol. The van der Waals surface area contributed by atoms with Crippen molar-refractivity contribution in [1.82, 2.24) is 0 Å². The predicted octanol–water partition coefficient (Wildman–Crippen LogP) is 3.37. The highest BCUT2D eigenvalue weighted by atomic mass is 127. The van der Waals surface area contributed by atoms with E-state index in [0.29, 0.717) is 10.7 Å². The van der Waals surface area contributed by atoms with Gasteiger partial charge in [0.05, 0.1) is 22.7 Å². The first-order chi connectivity index (χ1) is 5.69. The molecule has 0 aliphatic carbocycles. The smallest absolute Gasteiger partial charge is 0.135 e. The molecule has 0 aliphatic rings. The Labute approximate surface area is 92.4 Å². The summed E-state index contributed by atoms with van der Waals surface area (Å²) in [5.41, 5.74) is 6.14. The molecule has 1 aromatic rings. The fourth-order valence-corrected chi connectivity index (χ4v) is 2.41. The standard InChI is InChI=1S/C7H7ClINOS/c1-11-6-3-5(10)4(8)2-7(6)12-9/h2-3H,10H2,1H3. The van der Waals surface area contributed by atoms with E-state index in [1.165, 1.54) is 0 Å². The van der Waals surface area contributed by atoms with Crippen LogP contribution in [0.5, 0.6) is 5.75 Å². The van der Waals surface area contributed by atoms with Crippen LogP contribution in [0.15, 0.2) is 17.0 Å². The third kappa shape index (κ3) is 2.11. The number of ether oxygens (including phenoxy) is 1. The van der Waals surface area contributed by atoms with Gasteiger partial charge in [0.15, 0.2) is 0 Å². The maximum absolute atomic E-state index is 5.82. The summed E-state index contributed by atoms with van der Waals surface area (Å²) in [6.45, 7) is 0. The average Bonchev–Trinajstić information content (AvgIpc) is 2.09. The normalized spacial score (nSPS) is 9.92. The first-order valence-corrected chi connectivity index (χ1v) is 6.84. The van der Waals surface area contributed by atoms with Gasteiger partial charge in [0.1, 0.15) is 5.75 Å². The van der Waals surface area contributed by atoms with Crippen LogP contribution in [-0.2, 0) is 0 Å². The van der Waals surface area contributed by atoms with Gasteiger partial charge in [0.2, 0.25) is 0 Å². The highest BCUT2D eigenvalue weighted by molar-refractivity contribution is 14.2. The molecule has 0 saturated carbocycles. The quantitative estimate of drug-likeness (QED) is 0.671. The lowest BCUT2D eigenvalue weighted by Crippen LogP contribution is -1.90. The fraction of sp³-hybridized carbons (Fsp3) is 0.143. The summed E-state index contributed by atoms with van der Waals surface area (Å²) in [5, 5.41) is 0.565. The van der Waals surface area contributed by atoms with E-state index in [0.717, 1.165) is 10.6 Å². The van der Waals surface area contributed by atoms with Crippen molar-refractivity contribution in [3.8, 4) is 5.75 Å². The summed E-state index contributed by atoms with van der Waals surface area (Å²) >= 11 is 7.99. The van der Waals surface area contributed by atoms with E-state index >= 15 is 0 Å². The molecule has 0 bridgehead atoms. The lowest BCUT2D eigenvalue weighted by molar-refractivity contribution is 0.405. The Morgan fingerprint density at radius 2 is 2.25 bits per heavy atom. The summed E-state index contributed by atoms with van der Waals surface area (Å²) in [4.78, 5) is 0.984. The Bertz CT molecular complexity index is 266. The molecule has 0 amide bonds. The zero-order valence-electron chi connectivity index (χ0n) is 6.30. The van der Waals surface area contributed by atoms with Crippen molar-refractivity contribution in [2.45, 2.75) is 4.90 Å². The van der Waals surface area contributed by atoms with Crippen LogP contribution >= 0.6 is 41.7 Å². The topological polar surface area (TPSA) is 35.2 Å². The number of anilines is 1. The molecule has 12 heavy (non-hydrogen) atoms. The molecule has 66 valence electrons. The van der Waals surface area contributed by atoms with Gasteiger partial charge in [-0.25, -0.2) is 0 Å². The first-order valence-electron chi connectivity index (χ1n) is 3.10. The largest absolute Gasteiger partial charge is 0.495 e. The number of benzene rings is 1. The van der Waals surface area contributed by atoms with Crippen molar-refractivity contribution in [3.63, 3.8) is 0 Å². The van der Waals surface area contributed by atoms with Crippen molar-refractivity contribution in [2.75, 3.05) is 12.8 Å². The van der Waals surface area contributed by atoms with Gasteiger partial charge in [-0.05, 0) is 15.0 Å². The van der Waals surface area contributed by atoms with Gasteiger partial charge >= 0.3 is 0 Å². The summed E-state index contributed by atoms with van der Waals surface area (Å²) in [7, 11) is 3.16. The van der Waals surface area contributed by atoms with Gasteiger partial charge < -0.3 is 10.5 Å². The van der Waals surface area contributed by atoms with Crippen LogP contribution in [0, 0.1) is 0 Å². The summed E-state index contributed by atoms with van der Waals surface area (Å²) < 4.78 is 5.11. The molecular weight excluding hydrogens is 309 g/mol. The molecule has 0 fully saturated rings. The van der Waals surface area contributed by atoms with Crippen molar-refractivity contribution in [3.05, 3.63) is 17.2 Å². The molecular formula is C7H7ClINOS. The zero-order chi connectivity index (χ0) is 9.14. The maximum Gasteiger partial charge on any atom is 0.135 e. The van der Waals surface area contributed by atoms with Crippen LogP contribution in [-0.4, -0.2) is 7.11 Å². The Hall–Kier alpha value is 0.190. The van der Waals surface area contributed by atoms with Crippen LogP contribution in [0.2, 0.25) is 5.02 Å². The molecule has 1 aromatic carbocycles. The number of nitrogens with two attached hydrogens (primary N) is 1. The van der Waals surface area contributed by atoms with E-state index in [-0.39, 0.29) is 0 Å². The average molecular weight is 316 g/mol. The van der Waals surface area contributed by atoms with E-state index in [2.05, 4.69) is 21.2 Å². The fourth-order valence-electron chi connectivity index (χ4n) is 0.771. The Morgan fingerprint density at radius 1 is 1.58 bits per heavy atom. The minimum atomic E-state index is 0.544. The molecule has 2 N–H and O–H groups in total. The monoisotopic (exact) mass is 315 g/mol. The molecule has 0 atom stereocenters. The molecule has 1 rings (SSSR count). The van der Waals surface area contributed by atoms with Crippen molar-refractivity contribution in [2.24, 2.45) is 0 Å². The van der Waals surface area contributed by atoms with Crippen LogP contribution in [0.1, 0.15) is 0 Å². The van der Waals surface area contributed by atoms with Gasteiger partial charge in [-0.3, -0.25) is 0 Å². The Morgan fingerprint density at radius 3 is 2.75 bits per heavy atom. The van der Waals surface area contributed by atoms with Gasteiger partial charge in [-0.2, -0.15) is 0 Å². The van der Waals surface area contributed by atoms with E-state index < -0.39 is 0 Å². The highest BCUT2D eigenvalue weighted by Gasteiger charge is 2.06. The number of rotatable bonds is 2. The molecule has 0 spiro atoms. The van der Waals surface area contributed by atoms with Gasteiger partial charge in [-0.15, -0.1) is 0 Å². The lowest BCUT2D eigenvalue weighted by Gasteiger charge is -2.07. The number of hydrogen-bond acceptors (Lipinski definition) is 3. The molecule has 2 nitrogen and oxygen atoms in total. The molecule has 0 unspecified atom stereocenters. The second-order valence-corrected chi connectivity index (χ2v) is 4.42. The maximum atomic E-state index is 5.82. The van der Waals surface area contributed by atoms with Crippen molar-refractivity contribution in [1.29, 1.82) is 0 Å². The number of nitrogen functional groups attached to an aromatic ring is 1. The van der Waals surface area contributed by atoms with Crippen molar-refractivity contribution >= 4 is 47.4 Å². The SMILES string of the molecule is COc1cc(N)c(Cl)cc1SI. The van der Waals surface area contributed by atoms with Gasteiger partial charge in [0, 0.05) is 27.3 Å². The number of hydrogen-bond donors (Lipinski definition) is 1. The molecule has 0 aliphatic heterocycles. The summed E-state index contributed by atoms with van der Waals surface area (Å²) in [6, 6.07) is 3.52. The van der Waals surface area contributed by atoms with Crippen molar-refractivity contribution < 1.29 is 4.74 Å². The van der Waals surface area contributed by atoms with E-state index in [9.17, 15) is 0 Å². The van der Waals surface area contributed by atoms with E-state index in [4.69, 9.17) is 22.1 Å². The molecule has 5 heteroatoms. The zero-order valence-corrected chi connectivity index (χ0v) is 10.0. The third-order valence-electron chi connectivity index (χ3n) is 1.37. The Kier molecular flexibility index (Phi) is 3.79. The second kappa shape index (κ2) is 4.43. The molecule has 0 saturated heterocycles. The molecule has 0 heterocycles. The van der Waals surface area contributed by atoms with Gasteiger partial charge in [0.25, 0.3) is 0 Å². The highest BCUT2D eigenvalue weighted by Crippen LogP contribution is 2.38. The summed E-state index contributed by atoms with van der Waals surface area (Å²) in [5.74, 6) is 0.760. The minimum Gasteiger partial charge on any atom is -0.495 e. The number of methoxy groups -OCH3 is 1. The Balaban J connectivity index is 3.19. The molecule has 0 aromatic heterocycles. The second-order valence-electron chi connectivity index (χ2n) is 2.10. The third-order valence-corrected chi connectivity index (χ3v) is 3.60. The van der Waals surface area contributed by atoms with Crippen LogP contribution in [0.4, 0.5) is 5.69 Å². The van der Waals surface area contributed by atoms with E-state index in [1.807, 2.05) is 0 Å². The van der Waals surface area contributed by atoms with Crippen LogP contribution in [0.3, 0.4) is 0 Å². The number of halogens is 2. The summed E-state index contributed by atoms with van der Waals surface area (Å²) in [6.07, 6.45) is 0. The van der Waals surface area contributed by atoms with Crippen LogP contribution < -0.4 is 10.5 Å². The van der Waals surface area contributed by atoms with Crippen LogP contribution in [0.25, 0.3) is 0 Å². The molecule has 0 radical (unpaired) electrons. The first kappa shape index (κ1) is 10.3. The minimum absolute atomic E-state index is 0.544. The van der Waals surface area contributed by atoms with E-state index in [1.54, 1.807) is 28.2 Å². The lowest BCUT2D eigenvalue weighted by atomic mass is 10.3. The van der Waals surface area contributed by atoms with Gasteiger partial charge in [-0.1, -0.05) is 11.6 Å².